The maximum atomic E-state index is 13.3. The van der Waals surface area contributed by atoms with Gasteiger partial charge in [0.05, 0.1) is 29.0 Å². The number of carbonyl (C=O) groups excluding carboxylic acids is 1. The molecule has 0 amide bonds. The van der Waals surface area contributed by atoms with E-state index in [1.165, 1.54) is 18.4 Å². The van der Waals surface area contributed by atoms with Crippen molar-refractivity contribution in [1.82, 2.24) is 4.57 Å². The van der Waals surface area contributed by atoms with Crippen LogP contribution in [-0.4, -0.2) is 17.6 Å². The second-order valence-electron chi connectivity index (χ2n) is 6.94. The third-order valence-corrected chi connectivity index (χ3v) is 6.14. The van der Waals surface area contributed by atoms with Gasteiger partial charge in [-0.25, -0.2) is 9.79 Å². The van der Waals surface area contributed by atoms with Gasteiger partial charge in [0.25, 0.3) is 5.56 Å². The van der Waals surface area contributed by atoms with Crippen LogP contribution in [-0.2, 0) is 9.53 Å². The normalized spacial score (nSPS) is 16.4. The van der Waals surface area contributed by atoms with Gasteiger partial charge >= 0.3 is 5.97 Å². The van der Waals surface area contributed by atoms with E-state index in [9.17, 15) is 9.59 Å². The van der Waals surface area contributed by atoms with E-state index in [1.807, 2.05) is 54.6 Å². The van der Waals surface area contributed by atoms with Gasteiger partial charge in [0, 0.05) is 5.02 Å². The number of hydrogen-bond acceptors (Lipinski definition) is 5. The Morgan fingerprint density at radius 2 is 1.84 bits per heavy atom. The van der Waals surface area contributed by atoms with E-state index in [1.54, 1.807) is 29.7 Å². The number of thiazole rings is 1. The molecule has 31 heavy (non-hydrogen) atoms. The summed E-state index contributed by atoms with van der Waals surface area (Å²) in [5, 5.41) is 0.628. The largest absolute Gasteiger partial charge is 0.466 e. The number of benzene rings is 2. The highest BCUT2D eigenvalue weighted by molar-refractivity contribution is 7.07. The number of methoxy groups -OCH3 is 1. The Labute approximate surface area is 187 Å². The Bertz CT molecular complexity index is 1370. The first-order valence-corrected chi connectivity index (χ1v) is 10.8. The number of allylic oxidation sites excluding steroid dienone is 2. The van der Waals surface area contributed by atoms with Crippen LogP contribution in [0.25, 0.3) is 12.2 Å². The summed E-state index contributed by atoms with van der Waals surface area (Å²) in [4.78, 5) is 30.9. The summed E-state index contributed by atoms with van der Waals surface area (Å²) in [6.45, 7) is 1.76. The second-order valence-corrected chi connectivity index (χ2v) is 8.38. The Kier molecular flexibility index (Phi) is 6.02. The number of fused-ring (bicyclic) bond motifs is 1. The highest BCUT2D eigenvalue weighted by atomic mass is 35.5. The van der Waals surface area contributed by atoms with Crippen LogP contribution in [0, 0.1) is 0 Å². The van der Waals surface area contributed by atoms with Crippen molar-refractivity contribution in [1.29, 1.82) is 0 Å². The van der Waals surface area contributed by atoms with Gasteiger partial charge in [-0.3, -0.25) is 9.36 Å². The molecule has 0 radical (unpaired) electrons. The molecule has 156 valence electrons. The van der Waals surface area contributed by atoms with Crippen molar-refractivity contribution in [2.75, 3.05) is 7.11 Å². The number of esters is 1. The van der Waals surface area contributed by atoms with Crippen molar-refractivity contribution in [3.63, 3.8) is 0 Å². The molecule has 2 aromatic carbocycles. The third kappa shape index (κ3) is 4.31. The van der Waals surface area contributed by atoms with Crippen molar-refractivity contribution in [3.05, 3.63) is 108 Å². The molecule has 0 bridgehead atoms. The van der Waals surface area contributed by atoms with E-state index in [4.69, 9.17) is 16.3 Å². The van der Waals surface area contributed by atoms with Crippen molar-refractivity contribution >= 4 is 41.1 Å². The average molecular weight is 451 g/mol. The van der Waals surface area contributed by atoms with Gasteiger partial charge in [-0.05, 0) is 36.3 Å². The van der Waals surface area contributed by atoms with Crippen LogP contribution in [0.2, 0.25) is 5.02 Å². The molecular formula is C24H19ClN2O3S. The Morgan fingerprint density at radius 3 is 2.52 bits per heavy atom. The van der Waals surface area contributed by atoms with Crippen LogP contribution in [0.4, 0.5) is 0 Å². The number of halogens is 1. The lowest BCUT2D eigenvalue weighted by molar-refractivity contribution is -0.136. The fraction of sp³-hybridized carbons (Fsp3) is 0.125. The zero-order valence-electron chi connectivity index (χ0n) is 16.9. The molecular weight excluding hydrogens is 432 g/mol. The van der Waals surface area contributed by atoms with Gasteiger partial charge in [0.1, 0.15) is 0 Å². The number of ether oxygens (including phenoxy) is 1. The number of rotatable bonds is 4. The van der Waals surface area contributed by atoms with Gasteiger partial charge in [-0.15, -0.1) is 0 Å². The van der Waals surface area contributed by atoms with E-state index in [0.717, 1.165) is 11.1 Å². The van der Waals surface area contributed by atoms with Gasteiger partial charge < -0.3 is 4.74 Å². The number of carbonyl (C=O) groups is 1. The van der Waals surface area contributed by atoms with Crippen LogP contribution in [0.15, 0.2) is 81.7 Å². The molecule has 0 fully saturated rings. The van der Waals surface area contributed by atoms with Crippen LogP contribution >= 0.6 is 22.9 Å². The van der Waals surface area contributed by atoms with Crippen LogP contribution in [0.5, 0.6) is 0 Å². The van der Waals surface area contributed by atoms with E-state index >= 15 is 0 Å². The first-order valence-electron chi connectivity index (χ1n) is 9.57. The molecule has 4 rings (SSSR count). The van der Waals surface area contributed by atoms with Crippen LogP contribution in [0.1, 0.15) is 24.1 Å². The standard InChI is InChI=1S/C24H19ClN2O3S/c1-15-21(23(29)30-2)19(13-10-16-6-4-3-5-7-16)27-22(28)20(31-24(27)26-15)14-17-8-11-18(25)12-9-17/h3-14,19H,1-2H3/b13-10+,20-14-/t19-/m0/s1. The average Bonchev–Trinajstić information content (AvgIpc) is 3.08. The van der Waals surface area contributed by atoms with E-state index in [-0.39, 0.29) is 5.56 Å². The fourth-order valence-corrected chi connectivity index (χ4v) is 4.58. The van der Waals surface area contributed by atoms with Crippen molar-refractivity contribution < 1.29 is 9.53 Å². The highest BCUT2D eigenvalue weighted by Crippen LogP contribution is 2.26. The third-order valence-electron chi connectivity index (χ3n) is 4.91. The first kappa shape index (κ1) is 21.0. The predicted molar refractivity (Wildman–Crippen MR) is 124 cm³/mol. The highest BCUT2D eigenvalue weighted by Gasteiger charge is 2.29. The molecule has 0 spiro atoms. The molecule has 1 aliphatic heterocycles. The summed E-state index contributed by atoms with van der Waals surface area (Å²) in [6, 6.07) is 16.3. The second kappa shape index (κ2) is 8.88. The Hall–Kier alpha value is -3.22. The number of nitrogens with zero attached hydrogens (tertiary/aromatic N) is 2. The predicted octanol–water partition coefficient (Wildman–Crippen LogP) is 3.73. The minimum atomic E-state index is -0.615. The lowest BCUT2D eigenvalue weighted by Crippen LogP contribution is -2.38. The van der Waals surface area contributed by atoms with Crippen molar-refractivity contribution in [2.24, 2.45) is 4.99 Å². The molecule has 7 heteroatoms. The molecule has 2 heterocycles. The summed E-state index contributed by atoms with van der Waals surface area (Å²) in [5.74, 6) is -0.504. The molecule has 1 aromatic heterocycles. The maximum absolute atomic E-state index is 13.3. The topological polar surface area (TPSA) is 60.7 Å². The molecule has 3 aromatic rings. The first-order chi connectivity index (χ1) is 15.0. The summed E-state index contributed by atoms with van der Waals surface area (Å²) in [7, 11) is 1.33. The lowest BCUT2D eigenvalue weighted by atomic mass is 10.0. The van der Waals surface area contributed by atoms with Crippen LogP contribution < -0.4 is 14.9 Å². The number of hydrogen-bond donors (Lipinski definition) is 0. The summed E-state index contributed by atoms with van der Waals surface area (Å²) in [5.41, 5.74) is 2.49. The van der Waals surface area contributed by atoms with Gasteiger partial charge in [0.2, 0.25) is 0 Å². The van der Waals surface area contributed by atoms with Crippen LogP contribution in [0.3, 0.4) is 0 Å². The molecule has 0 unspecified atom stereocenters. The van der Waals surface area contributed by atoms with Gasteiger partial charge in [-0.2, -0.15) is 0 Å². The molecule has 0 saturated carbocycles. The zero-order valence-corrected chi connectivity index (χ0v) is 18.5. The Balaban J connectivity index is 1.88. The summed E-state index contributed by atoms with van der Waals surface area (Å²) in [6.07, 6.45) is 5.53. The monoisotopic (exact) mass is 450 g/mol. The smallest absolute Gasteiger partial charge is 0.338 e. The zero-order chi connectivity index (χ0) is 22.0. The number of aromatic nitrogens is 1. The molecule has 1 atom stereocenters. The lowest BCUT2D eigenvalue weighted by Gasteiger charge is -2.21. The van der Waals surface area contributed by atoms with E-state index < -0.39 is 12.0 Å². The van der Waals surface area contributed by atoms with Crippen molar-refractivity contribution in [3.8, 4) is 0 Å². The van der Waals surface area contributed by atoms with E-state index in [2.05, 4.69) is 4.99 Å². The minimum absolute atomic E-state index is 0.213. The summed E-state index contributed by atoms with van der Waals surface area (Å²) < 4.78 is 7.06. The summed E-state index contributed by atoms with van der Waals surface area (Å²) >= 11 is 7.25. The molecule has 1 aliphatic rings. The van der Waals surface area contributed by atoms with Gasteiger partial charge in [0.15, 0.2) is 4.80 Å². The van der Waals surface area contributed by atoms with Gasteiger partial charge in [-0.1, -0.05) is 77.6 Å². The molecule has 5 nitrogen and oxygen atoms in total. The molecule has 0 saturated heterocycles. The Morgan fingerprint density at radius 1 is 1.13 bits per heavy atom. The van der Waals surface area contributed by atoms with Crippen molar-refractivity contribution in [2.45, 2.75) is 13.0 Å². The quantitative estimate of drug-likeness (QED) is 0.569. The maximum Gasteiger partial charge on any atom is 0.338 e. The molecule has 0 N–H and O–H groups in total. The SMILES string of the molecule is COC(=O)C1=C(C)N=c2s/c(=C\c3ccc(Cl)cc3)c(=O)n2[C@H]1/C=C/c1ccccc1. The molecule has 0 aliphatic carbocycles. The minimum Gasteiger partial charge on any atom is -0.466 e. The fourth-order valence-electron chi connectivity index (χ4n) is 3.39. The van der Waals surface area contributed by atoms with E-state index in [0.29, 0.717) is 25.6 Å².